The quantitative estimate of drug-likeness (QED) is 0.877. The molecule has 96 valence electrons. The van der Waals surface area contributed by atoms with Crippen LogP contribution in [0.3, 0.4) is 0 Å². The van der Waals surface area contributed by atoms with Crippen molar-refractivity contribution in [2.45, 2.75) is 38.6 Å². The monoisotopic (exact) mass is 298 g/mol. The summed E-state index contributed by atoms with van der Waals surface area (Å²) < 4.78 is 1.13. The summed E-state index contributed by atoms with van der Waals surface area (Å²) in [7, 11) is 0. The molecule has 0 aliphatic heterocycles. The number of hydrogen-bond donors (Lipinski definition) is 2. The molecular formula is C14H23BrN2. The first-order valence-electron chi connectivity index (χ1n) is 5.96. The minimum absolute atomic E-state index is 0.106. The lowest BCUT2D eigenvalue weighted by atomic mass is 9.84. The molecule has 0 atom stereocenters. The van der Waals surface area contributed by atoms with Gasteiger partial charge in [0.05, 0.1) is 0 Å². The normalized spacial score (nSPS) is 12.8. The van der Waals surface area contributed by atoms with Crippen LogP contribution >= 0.6 is 15.9 Å². The lowest BCUT2D eigenvalue weighted by molar-refractivity contribution is 0.411. The number of hydrogen-bond acceptors (Lipinski definition) is 2. The van der Waals surface area contributed by atoms with Gasteiger partial charge in [-0.1, -0.05) is 41.9 Å². The van der Waals surface area contributed by atoms with Gasteiger partial charge in [0, 0.05) is 28.5 Å². The summed E-state index contributed by atoms with van der Waals surface area (Å²) in [5, 5.41) is 3.44. The lowest BCUT2D eigenvalue weighted by Gasteiger charge is -2.28. The molecule has 3 N–H and O–H groups in total. The second-order valence-electron chi connectivity index (χ2n) is 5.99. The second kappa shape index (κ2) is 5.51. The zero-order valence-electron chi connectivity index (χ0n) is 11.2. The van der Waals surface area contributed by atoms with Crippen molar-refractivity contribution in [3.05, 3.63) is 34.3 Å². The van der Waals surface area contributed by atoms with Crippen molar-refractivity contribution in [2.75, 3.05) is 13.1 Å². The molecular weight excluding hydrogens is 276 g/mol. The Morgan fingerprint density at radius 3 is 2.35 bits per heavy atom. The van der Waals surface area contributed by atoms with Gasteiger partial charge >= 0.3 is 0 Å². The van der Waals surface area contributed by atoms with Crippen molar-refractivity contribution in [1.82, 2.24) is 5.32 Å². The summed E-state index contributed by atoms with van der Waals surface area (Å²) in [4.78, 5) is 0. The fourth-order valence-corrected chi connectivity index (χ4v) is 2.11. The number of benzene rings is 1. The second-order valence-corrected chi connectivity index (χ2v) is 6.90. The van der Waals surface area contributed by atoms with E-state index in [9.17, 15) is 0 Å². The zero-order chi connectivity index (χ0) is 13.1. The number of nitrogens with one attached hydrogen (secondary N) is 1. The zero-order valence-corrected chi connectivity index (χ0v) is 12.8. The molecule has 0 amide bonds. The highest BCUT2D eigenvalue weighted by atomic mass is 79.9. The first-order valence-corrected chi connectivity index (χ1v) is 6.76. The third kappa shape index (κ3) is 5.19. The van der Waals surface area contributed by atoms with Crippen LogP contribution in [0.2, 0.25) is 0 Å². The molecule has 0 aliphatic rings. The van der Waals surface area contributed by atoms with Crippen LogP contribution in [0, 0.1) is 0 Å². The molecule has 0 aromatic heterocycles. The number of rotatable bonds is 5. The Morgan fingerprint density at radius 1 is 1.18 bits per heavy atom. The van der Waals surface area contributed by atoms with E-state index in [-0.39, 0.29) is 11.0 Å². The van der Waals surface area contributed by atoms with E-state index >= 15 is 0 Å². The minimum Gasteiger partial charge on any atom is -0.324 e. The maximum Gasteiger partial charge on any atom is 0.0223 e. The largest absolute Gasteiger partial charge is 0.324 e. The van der Waals surface area contributed by atoms with E-state index in [1.807, 2.05) is 13.8 Å². The van der Waals surface area contributed by atoms with Gasteiger partial charge in [-0.05, 0) is 31.5 Å². The predicted octanol–water partition coefficient (Wildman–Crippen LogP) is 3.05. The van der Waals surface area contributed by atoms with Gasteiger partial charge in [-0.3, -0.25) is 0 Å². The molecule has 0 bridgehead atoms. The molecule has 1 aromatic rings. The van der Waals surface area contributed by atoms with Crippen LogP contribution in [0.4, 0.5) is 0 Å². The molecule has 0 saturated carbocycles. The molecule has 0 radical (unpaired) electrons. The molecule has 0 unspecified atom stereocenters. The smallest absolute Gasteiger partial charge is 0.0223 e. The van der Waals surface area contributed by atoms with Crippen molar-refractivity contribution in [2.24, 2.45) is 5.73 Å². The number of nitrogens with two attached hydrogens (primary N) is 1. The number of halogens is 1. The van der Waals surface area contributed by atoms with E-state index in [0.29, 0.717) is 0 Å². The summed E-state index contributed by atoms with van der Waals surface area (Å²) in [5.41, 5.74) is 7.23. The highest BCUT2D eigenvalue weighted by molar-refractivity contribution is 9.10. The Hall–Kier alpha value is -0.380. The average Bonchev–Trinajstić information content (AvgIpc) is 2.15. The Bertz CT molecular complexity index is 367. The third-order valence-corrected chi connectivity index (χ3v) is 3.25. The molecule has 2 nitrogen and oxygen atoms in total. The summed E-state index contributed by atoms with van der Waals surface area (Å²) in [6, 6.07) is 8.47. The lowest BCUT2D eigenvalue weighted by Crippen LogP contribution is -2.46. The van der Waals surface area contributed by atoms with Crippen molar-refractivity contribution >= 4 is 15.9 Å². The van der Waals surface area contributed by atoms with Gasteiger partial charge in [0.25, 0.3) is 0 Å². The van der Waals surface area contributed by atoms with Gasteiger partial charge < -0.3 is 11.1 Å². The Kier molecular flexibility index (Phi) is 4.76. The van der Waals surface area contributed by atoms with Crippen LogP contribution in [0.15, 0.2) is 28.7 Å². The summed E-state index contributed by atoms with van der Waals surface area (Å²) in [5.74, 6) is 0. The van der Waals surface area contributed by atoms with Gasteiger partial charge in [-0.2, -0.15) is 0 Å². The maximum absolute atomic E-state index is 5.96. The van der Waals surface area contributed by atoms with E-state index in [4.69, 9.17) is 5.73 Å². The van der Waals surface area contributed by atoms with Gasteiger partial charge in [0.15, 0.2) is 0 Å². The first-order chi connectivity index (χ1) is 7.71. The van der Waals surface area contributed by atoms with Crippen LogP contribution in [0.25, 0.3) is 0 Å². The van der Waals surface area contributed by atoms with E-state index in [0.717, 1.165) is 17.6 Å². The fourth-order valence-electron chi connectivity index (χ4n) is 1.71. The molecule has 17 heavy (non-hydrogen) atoms. The molecule has 0 aliphatic carbocycles. The highest BCUT2D eigenvalue weighted by Crippen LogP contribution is 2.25. The summed E-state index contributed by atoms with van der Waals surface area (Å²) >= 11 is 3.51. The Morgan fingerprint density at radius 2 is 1.82 bits per heavy atom. The molecule has 1 rings (SSSR count). The molecule has 0 fully saturated rings. The van der Waals surface area contributed by atoms with E-state index in [1.54, 1.807) is 0 Å². The Balaban J connectivity index is 2.62. The molecule has 0 spiro atoms. The van der Waals surface area contributed by atoms with Gasteiger partial charge in [-0.25, -0.2) is 0 Å². The fraction of sp³-hybridized carbons (Fsp3) is 0.571. The van der Waals surface area contributed by atoms with Gasteiger partial charge in [0.1, 0.15) is 0 Å². The molecule has 1 aromatic carbocycles. The first kappa shape index (κ1) is 14.7. The van der Waals surface area contributed by atoms with Gasteiger partial charge in [0.2, 0.25) is 0 Å². The van der Waals surface area contributed by atoms with E-state index in [1.165, 1.54) is 5.56 Å². The van der Waals surface area contributed by atoms with Crippen molar-refractivity contribution in [1.29, 1.82) is 0 Å². The van der Waals surface area contributed by atoms with E-state index in [2.05, 4.69) is 59.4 Å². The summed E-state index contributed by atoms with van der Waals surface area (Å²) in [6.07, 6.45) is 0. The predicted molar refractivity (Wildman–Crippen MR) is 78.3 cm³/mol. The van der Waals surface area contributed by atoms with Crippen LogP contribution < -0.4 is 11.1 Å². The van der Waals surface area contributed by atoms with Gasteiger partial charge in [-0.15, -0.1) is 0 Å². The molecule has 0 heterocycles. The van der Waals surface area contributed by atoms with Crippen molar-refractivity contribution in [3.63, 3.8) is 0 Å². The molecule has 3 heteroatoms. The van der Waals surface area contributed by atoms with Crippen LogP contribution in [-0.4, -0.2) is 18.6 Å². The summed E-state index contributed by atoms with van der Waals surface area (Å²) in [6.45, 7) is 10.3. The van der Waals surface area contributed by atoms with E-state index < -0.39 is 0 Å². The molecule has 0 saturated heterocycles. The standard InChI is InChI=1S/C14H23BrN2/c1-13(2,9-17-10-14(3,4)16)11-6-5-7-12(15)8-11/h5-8,17H,9-10,16H2,1-4H3. The topological polar surface area (TPSA) is 38.0 Å². The third-order valence-electron chi connectivity index (χ3n) is 2.75. The van der Waals surface area contributed by atoms with Crippen molar-refractivity contribution in [3.8, 4) is 0 Å². The van der Waals surface area contributed by atoms with Crippen LogP contribution in [-0.2, 0) is 5.41 Å². The highest BCUT2D eigenvalue weighted by Gasteiger charge is 2.21. The SMILES string of the molecule is CC(C)(N)CNCC(C)(C)c1cccc(Br)c1. The maximum atomic E-state index is 5.96. The average molecular weight is 299 g/mol. The van der Waals surface area contributed by atoms with Crippen LogP contribution in [0.5, 0.6) is 0 Å². The van der Waals surface area contributed by atoms with Crippen LogP contribution in [0.1, 0.15) is 33.3 Å². The van der Waals surface area contributed by atoms with Crippen molar-refractivity contribution < 1.29 is 0 Å². The Labute approximate surface area is 113 Å². The minimum atomic E-state index is -0.159.